The summed E-state index contributed by atoms with van der Waals surface area (Å²) in [7, 11) is 0. The Morgan fingerprint density at radius 3 is 2.75 bits per heavy atom. The van der Waals surface area contributed by atoms with Gasteiger partial charge in [-0.25, -0.2) is 8.78 Å². The molecule has 0 aromatic carbocycles. The van der Waals surface area contributed by atoms with Gasteiger partial charge in [-0.2, -0.15) is 4.37 Å². The van der Waals surface area contributed by atoms with E-state index >= 15 is 0 Å². The first-order chi connectivity index (χ1) is 7.42. The summed E-state index contributed by atoms with van der Waals surface area (Å²) in [5, 5.41) is 9.30. The third kappa shape index (κ3) is 1.80. The highest BCUT2D eigenvalue weighted by Crippen LogP contribution is 2.28. The predicted molar refractivity (Wildman–Crippen MR) is 53.7 cm³/mol. The van der Waals surface area contributed by atoms with Gasteiger partial charge in [0.25, 0.3) is 12.3 Å². The fourth-order valence-electron chi connectivity index (χ4n) is 1.53. The molecular formula is C9H10F2N2O2S. The summed E-state index contributed by atoms with van der Waals surface area (Å²) in [5.74, 6) is -0.408. The lowest BCUT2D eigenvalue weighted by atomic mass is 9.94. The number of hydrogen-bond acceptors (Lipinski definition) is 4. The Balaban J connectivity index is 2.00. The van der Waals surface area contributed by atoms with Gasteiger partial charge in [0.2, 0.25) is 0 Å². The van der Waals surface area contributed by atoms with Crippen LogP contribution in [0, 0.1) is 6.92 Å². The Bertz CT molecular complexity index is 415. The van der Waals surface area contributed by atoms with E-state index in [1.54, 1.807) is 13.0 Å². The number of likely N-dealkylation sites (tertiary alicyclic amines) is 1. The zero-order chi connectivity index (χ0) is 11.9. The lowest BCUT2D eigenvalue weighted by Gasteiger charge is -2.45. The maximum Gasteiger partial charge on any atom is 0.273 e. The van der Waals surface area contributed by atoms with Crippen LogP contribution in [-0.4, -0.2) is 45.4 Å². The quantitative estimate of drug-likeness (QED) is 0.846. The van der Waals surface area contributed by atoms with Crippen molar-refractivity contribution in [3.8, 4) is 0 Å². The van der Waals surface area contributed by atoms with E-state index in [-0.39, 0.29) is 18.8 Å². The average molecular weight is 248 g/mol. The van der Waals surface area contributed by atoms with E-state index in [1.807, 2.05) is 0 Å². The van der Waals surface area contributed by atoms with Crippen LogP contribution in [0.5, 0.6) is 0 Å². The number of alkyl halides is 2. The van der Waals surface area contributed by atoms with Crippen molar-refractivity contribution in [2.75, 3.05) is 13.1 Å². The minimum Gasteiger partial charge on any atom is -0.380 e. The molecule has 0 radical (unpaired) electrons. The number of aryl methyl sites for hydroxylation is 1. The molecule has 1 amide bonds. The zero-order valence-corrected chi connectivity index (χ0v) is 9.30. The van der Waals surface area contributed by atoms with Crippen LogP contribution in [0.3, 0.4) is 0 Å². The van der Waals surface area contributed by atoms with Gasteiger partial charge in [0, 0.05) is 4.88 Å². The van der Waals surface area contributed by atoms with Crippen molar-refractivity contribution >= 4 is 17.4 Å². The number of hydrogen-bond donors (Lipinski definition) is 1. The van der Waals surface area contributed by atoms with Crippen LogP contribution >= 0.6 is 11.5 Å². The van der Waals surface area contributed by atoms with Crippen molar-refractivity contribution in [1.82, 2.24) is 9.27 Å². The standard InChI is InChI=1S/C9H10F2N2O2S/c1-5-2-6(12-16-5)7(14)13-3-9(15,4-13)8(10)11/h2,8,15H,3-4H2,1H3. The first-order valence-electron chi connectivity index (χ1n) is 4.65. The highest BCUT2D eigenvalue weighted by atomic mass is 32.1. The van der Waals surface area contributed by atoms with Crippen molar-refractivity contribution in [3.05, 3.63) is 16.6 Å². The number of carbonyl (C=O) groups excluding carboxylic acids is 1. The number of aliphatic hydroxyl groups is 1. The van der Waals surface area contributed by atoms with E-state index in [0.717, 1.165) is 4.88 Å². The van der Waals surface area contributed by atoms with Crippen molar-refractivity contribution < 1.29 is 18.7 Å². The summed E-state index contributed by atoms with van der Waals surface area (Å²) in [4.78, 5) is 13.7. The number of rotatable bonds is 2. The third-order valence-corrected chi connectivity index (χ3v) is 3.16. The Morgan fingerprint density at radius 1 is 1.69 bits per heavy atom. The molecule has 2 heterocycles. The first-order valence-corrected chi connectivity index (χ1v) is 5.43. The fraction of sp³-hybridized carbons (Fsp3) is 0.556. The number of nitrogens with zero attached hydrogens (tertiary/aromatic N) is 2. The molecule has 2 rings (SSSR count). The maximum atomic E-state index is 12.3. The van der Waals surface area contributed by atoms with Crippen LogP contribution in [0.4, 0.5) is 8.78 Å². The van der Waals surface area contributed by atoms with Gasteiger partial charge in [-0.15, -0.1) is 0 Å². The van der Waals surface area contributed by atoms with Gasteiger partial charge < -0.3 is 10.0 Å². The molecule has 1 aromatic rings. The Labute approximate surface area is 94.7 Å². The smallest absolute Gasteiger partial charge is 0.273 e. The molecule has 0 atom stereocenters. The van der Waals surface area contributed by atoms with Crippen LogP contribution in [0.25, 0.3) is 0 Å². The number of β-amino-alcohol motifs (C(OH)–C–C–N with tert-alkyl or cyclic N) is 1. The molecule has 1 aliphatic heterocycles. The molecule has 1 N–H and O–H groups in total. The molecule has 0 saturated carbocycles. The average Bonchev–Trinajstić information content (AvgIpc) is 2.58. The lowest BCUT2D eigenvalue weighted by Crippen LogP contribution is -2.67. The number of carbonyl (C=O) groups is 1. The van der Waals surface area contributed by atoms with E-state index < -0.39 is 17.9 Å². The van der Waals surface area contributed by atoms with Crippen LogP contribution in [0.1, 0.15) is 15.4 Å². The summed E-state index contributed by atoms with van der Waals surface area (Å²) in [6.45, 7) is 1.14. The second-order valence-electron chi connectivity index (χ2n) is 3.89. The van der Waals surface area contributed by atoms with Gasteiger partial charge in [0.15, 0.2) is 5.60 Å². The van der Waals surface area contributed by atoms with Crippen molar-refractivity contribution in [3.63, 3.8) is 0 Å². The normalized spacial score (nSPS) is 18.7. The highest BCUT2D eigenvalue weighted by molar-refractivity contribution is 7.05. The van der Waals surface area contributed by atoms with Gasteiger partial charge in [0.05, 0.1) is 13.1 Å². The van der Waals surface area contributed by atoms with Crippen molar-refractivity contribution in [1.29, 1.82) is 0 Å². The van der Waals surface area contributed by atoms with Gasteiger partial charge >= 0.3 is 0 Å². The molecule has 88 valence electrons. The number of aromatic nitrogens is 1. The second kappa shape index (κ2) is 3.74. The molecule has 16 heavy (non-hydrogen) atoms. The number of amides is 1. The van der Waals surface area contributed by atoms with Gasteiger partial charge in [-0.05, 0) is 24.5 Å². The highest BCUT2D eigenvalue weighted by Gasteiger charge is 2.51. The Morgan fingerprint density at radius 2 is 2.31 bits per heavy atom. The predicted octanol–water partition coefficient (Wildman–Crippen LogP) is 0.904. The van der Waals surface area contributed by atoms with Crippen LogP contribution < -0.4 is 0 Å². The molecule has 0 bridgehead atoms. The molecular weight excluding hydrogens is 238 g/mol. The van der Waals surface area contributed by atoms with E-state index in [4.69, 9.17) is 0 Å². The topological polar surface area (TPSA) is 53.4 Å². The molecule has 1 saturated heterocycles. The minimum atomic E-state index is -2.83. The molecule has 1 aliphatic rings. The second-order valence-corrected chi connectivity index (χ2v) is 4.90. The minimum absolute atomic E-state index is 0.249. The maximum absolute atomic E-state index is 12.3. The lowest BCUT2D eigenvalue weighted by molar-refractivity contribution is -0.166. The van der Waals surface area contributed by atoms with E-state index in [9.17, 15) is 18.7 Å². The van der Waals surface area contributed by atoms with Crippen LogP contribution in [0.2, 0.25) is 0 Å². The molecule has 1 fully saturated rings. The Hall–Kier alpha value is -1.08. The third-order valence-electron chi connectivity index (χ3n) is 2.47. The largest absolute Gasteiger partial charge is 0.380 e. The molecule has 7 heteroatoms. The zero-order valence-electron chi connectivity index (χ0n) is 8.48. The Kier molecular flexibility index (Phi) is 2.67. The van der Waals surface area contributed by atoms with Crippen LogP contribution in [0.15, 0.2) is 6.07 Å². The fourth-order valence-corrected chi connectivity index (χ4v) is 2.06. The molecule has 0 aliphatic carbocycles. The SMILES string of the molecule is Cc1cc(C(=O)N2CC(O)(C(F)F)C2)ns1. The summed E-state index contributed by atoms with van der Waals surface area (Å²) >= 11 is 1.18. The summed E-state index contributed by atoms with van der Waals surface area (Å²) in [6.07, 6.45) is -2.83. The molecule has 0 spiro atoms. The van der Waals surface area contributed by atoms with Crippen LogP contribution in [-0.2, 0) is 0 Å². The van der Waals surface area contributed by atoms with Crippen molar-refractivity contribution in [2.24, 2.45) is 0 Å². The van der Waals surface area contributed by atoms with E-state index in [0.29, 0.717) is 0 Å². The van der Waals surface area contributed by atoms with Gasteiger partial charge in [0.1, 0.15) is 5.69 Å². The van der Waals surface area contributed by atoms with E-state index in [2.05, 4.69) is 4.37 Å². The van der Waals surface area contributed by atoms with Gasteiger partial charge in [-0.1, -0.05) is 0 Å². The molecule has 0 unspecified atom stereocenters. The van der Waals surface area contributed by atoms with Gasteiger partial charge in [-0.3, -0.25) is 4.79 Å². The van der Waals surface area contributed by atoms with E-state index in [1.165, 1.54) is 16.4 Å². The summed E-state index contributed by atoms with van der Waals surface area (Å²) < 4.78 is 28.5. The monoisotopic (exact) mass is 248 g/mol. The molecule has 4 nitrogen and oxygen atoms in total. The number of halogens is 2. The summed E-state index contributed by atoms with van der Waals surface area (Å²) in [5.41, 5.74) is -1.79. The molecule has 1 aromatic heterocycles. The van der Waals surface area contributed by atoms with Crippen molar-refractivity contribution in [2.45, 2.75) is 19.0 Å². The first kappa shape index (κ1) is 11.4. The summed E-state index contributed by atoms with van der Waals surface area (Å²) in [6, 6.07) is 1.60.